The van der Waals surface area contributed by atoms with Gasteiger partial charge in [-0.25, -0.2) is 4.98 Å². The lowest BCUT2D eigenvalue weighted by molar-refractivity contribution is 0.0677. The lowest BCUT2D eigenvalue weighted by Gasteiger charge is -2.30. The fraction of sp³-hybridized carbons (Fsp3) is 0.444. The normalized spacial score (nSPS) is 19.6. The maximum absolute atomic E-state index is 12.5. The highest BCUT2D eigenvalue weighted by molar-refractivity contribution is 5.92. The second kappa shape index (κ2) is 6.96. The maximum Gasteiger partial charge on any atom is 0.275 e. The number of amides is 1. The first-order valence-corrected chi connectivity index (χ1v) is 8.17. The van der Waals surface area contributed by atoms with Crippen LogP contribution in [0.15, 0.2) is 41.0 Å². The Bertz CT molecular complexity index is 653. The van der Waals surface area contributed by atoms with E-state index in [-0.39, 0.29) is 11.9 Å². The van der Waals surface area contributed by atoms with Gasteiger partial charge < -0.3 is 15.1 Å². The van der Waals surface area contributed by atoms with Gasteiger partial charge in [0.25, 0.3) is 5.91 Å². The highest BCUT2D eigenvalue weighted by Crippen LogP contribution is 2.20. The van der Waals surface area contributed by atoms with Crippen molar-refractivity contribution in [3.8, 4) is 0 Å². The fourth-order valence-corrected chi connectivity index (χ4v) is 3.05. The summed E-state index contributed by atoms with van der Waals surface area (Å²) < 4.78 is 5.45. The number of rotatable bonds is 4. The number of carbonyl (C=O) groups excluding carboxylic acids is 1. The summed E-state index contributed by atoms with van der Waals surface area (Å²) in [6, 6.07) is 9.61. The van der Waals surface area contributed by atoms with Crippen LogP contribution >= 0.6 is 0 Å². The van der Waals surface area contributed by atoms with E-state index < -0.39 is 0 Å². The van der Waals surface area contributed by atoms with Crippen LogP contribution in [0.4, 0.5) is 0 Å². The second-order valence-corrected chi connectivity index (χ2v) is 6.37. The smallest absolute Gasteiger partial charge is 0.275 e. The van der Waals surface area contributed by atoms with E-state index >= 15 is 0 Å². The van der Waals surface area contributed by atoms with E-state index in [0.29, 0.717) is 23.9 Å². The van der Waals surface area contributed by atoms with Crippen molar-refractivity contribution in [2.75, 3.05) is 13.1 Å². The summed E-state index contributed by atoms with van der Waals surface area (Å²) in [5.74, 6) is 0.903. The van der Waals surface area contributed by atoms with Crippen LogP contribution in [0.3, 0.4) is 0 Å². The van der Waals surface area contributed by atoms with Gasteiger partial charge in [0, 0.05) is 13.1 Å². The molecular formula is C18H23N3O2. The molecule has 2 unspecified atom stereocenters. The molecule has 2 heterocycles. The minimum absolute atomic E-state index is 0.0570. The van der Waals surface area contributed by atoms with Crippen molar-refractivity contribution in [1.29, 1.82) is 0 Å². The van der Waals surface area contributed by atoms with E-state index in [1.165, 1.54) is 12.7 Å². The van der Waals surface area contributed by atoms with Gasteiger partial charge in [-0.1, -0.05) is 37.3 Å². The molecule has 0 aliphatic carbocycles. The van der Waals surface area contributed by atoms with Crippen LogP contribution in [-0.2, 0) is 6.42 Å². The van der Waals surface area contributed by atoms with Crippen LogP contribution in [0.1, 0.15) is 47.7 Å². The van der Waals surface area contributed by atoms with Crippen LogP contribution in [0.5, 0.6) is 0 Å². The molecule has 5 nitrogen and oxygen atoms in total. The Morgan fingerprint density at radius 1 is 1.43 bits per heavy atom. The zero-order valence-electron chi connectivity index (χ0n) is 13.4. The molecule has 1 aromatic carbocycles. The highest BCUT2D eigenvalue weighted by atomic mass is 16.3. The molecule has 0 spiro atoms. The fourth-order valence-electron chi connectivity index (χ4n) is 3.05. The Hall–Kier alpha value is -2.14. The predicted molar refractivity (Wildman–Crippen MR) is 87.9 cm³/mol. The second-order valence-electron chi connectivity index (χ2n) is 6.37. The van der Waals surface area contributed by atoms with Crippen molar-refractivity contribution in [2.24, 2.45) is 11.7 Å². The van der Waals surface area contributed by atoms with Gasteiger partial charge in [-0.3, -0.25) is 4.79 Å². The molecule has 1 aromatic heterocycles. The zero-order chi connectivity index (χ0) is 16.2. The number of benzene rings is 1. The van der Waals surface area contributed by atoms with Gasteiger partial charge in [0.2, 0.25) is 5.89 Å². The van der Waals surface area contributed by atoms with Crippen LogP contribution in [0, 0.1) is 5.92 Å². The lowest BCUT2D eigenvalue weighted by Crippen LogP contribution is -2.39. The molecule has 122 valence electrons. The third-order valence-electron chi connectivity index (χ3n) is 4.30. The summed E-state index contributed by atoms with van der Waals surface area (Å²) in [5.41, 5.74) is 7.64. The maximum atomic E-state index is 12.5. The van der Waals surface area contributed by atoms with Crippen molar-refractivity contribution < 1.29 is 9.21 Å². The Balaban J connectivity index is 1.66. The first-order valence-electron chi connectivity index (χ1n) is 8.17. The van der Waals surface area contributed by atoms with Gasteiger partial charge in [0.05, 0.1) is 6.04 Å². The van der Waals surface area contributed by atoms with Crippen molar-refractivity contribution in [3.05, 3.63) is 53.7 Å². The van der Waals surface area contributed by atoms with Gasteiger partial charge in [-0.15, -0.1) is 0 Å². The number of hydrogen-bond acceptors (Lipinski definition) is 4. The number of carbonyl (C=O) groups is 1. The summed E-state index contributed by atoms with van der Waals surface area (Å²) in [6.07, 6.45) is 4.29. The van der Waals surface area contributed by atoms with Crippen LogP contribution in [0.2, 0.25) is 0 Å². The molecule has 5 heteroatoms. The molecular weight excluding hydrogens is 290 g/mol. The van der Waals surface area contributed by atoms with E-state index in [9.17, 15) is 4.79 Å². The number of aromatic nitrogens is 1. The van der Waals surface area contributed by atoms with Crippen molar-refractivity contribution in [1.82, 2.24) is 9.88 Å². The molecule has 3 rings (SSSR count). The molecule has 1 fully saturated rings. The number of oxazole rings is 1. The Morgan fingerprint density at radius 3 is 2.96 bits per heavy atom. The summed E-state index contributed by atoms with van der Waals surface area (Å²) in [6.45, 7) is 3.75. The van der Waals surface area contributed by atoms with Crippen LogP contribution in [-0.4, -0.2) is 28.9 Å². The first kappa shape index (κ1) is 15.7. The number of nitrogens with zero attached hydrogens (tertiary/aromatic N) is 2. The van der Waals surface area contributed by atoms with E-state index in [0.717, 1.165) is 25.1 Å². The third kappa shape index (κ3) is 3.79. The third-order valence-corrected chi connectivity index (χ3v) is 4.30. The average molecular weight is 313 g/mol. The number of piperidine rings is 1. The number of likely N-dealkylation sites (tertiary alicyclic amines) is 1. The van der Waals surface area contributed by atoms with Gasteiger partial charge in [0.1, 0.15) is 6.26 Å². The number of nitrogens with two attached hydrogens (primary N) is 1. The van der Waals surface area contributed by atoms with E-state index in [4.69, 9.17) is 10.2 Å². The van der Waals surface area contributed by atoms with Crippen LogP contribution < -0.4 is 5.73 Å². The van der Waals surface area contributed by atoms with Crippen molar-refractivity contribution in [3.63, 3.8) is 0 Å². The van der Waals surface area contributed by atoms with Crippen molar-refractivity contribution >= 4 is 5.91 Å². The van der Waals surface area contributed by atoms with E-state index in [2.05, 4.69) is 11.9 Å². The molecule has 1 aliphatic rings. The largest absolute Gasteiger partial charge is 0.446 e. The highest BCUT2D eigenvalue weighted by Gasteiger charge is 2.25. The first-order chi connectivity index (χ1) is 11.1. The van der Waals surface area contributed by atoms with E-state index in [1.807, 2.05) is 35.2 Å². The van der Waals surface area contributed by atoms with Crippen molar-refractivity contribution in [2.45, 2.75) is 32.2 Å². The van der Waals surface area contributed by atoms with Gasteiger partial charge >= 0.3 is 0 Å². The quantitative estimate of drug-likeness (QED) is 0.942. The van der Waals surface area contributed by atoms with E-state index in [1.54, 1.807) is 0 Å². The molecule has 23 heavy (non-hydrogen) atoms. The molecule has 0 bridgehead atoms. The Morgan fingerprint density at radius 2 is 2.22 bits per heavy atom. The van der Waals surface area contributed by atoms with Crippen LogP contribution in [0.25, 0.3) is 0 Å². The predicted octanol–water partition coefficient (Wildman–Crippen LogP) is 2.79. The SMILES string of the molecule is CC1CCCN(C(=O)c2coc(C(N)Cc3ccccc3)n2)C1. The molecule has 0 radical (unpaired) electrons. The molecule has 2 N–H and O–H groups in total. The molecule has 1 saturated heterocycles. The molecule has 2 aromatic rings. The Labute approximate surface area is 136 Å². The molecule has 1 amide bonds. The molecule has 0 saturated carbocycles. The summed E-state index contributed by atoms with van der Waals surface area (Å²) in [7, 11) is 0. The molecule has 2 atom stereocenters. The summed E-state index contributed by atoms with van der Waals surface area (Å²) in [5, 5.41) is 0. The standard InChI is InChI=1S/C18H23N3O2/c1-13-6-5-9-21(11-13)18(22)16-12-23-17(20-16)15(19)10-14-7-3-2-4-8-14/h2-4,7-8,12-13,15H,5-6,9-11,19H2,1H3. The summed E-state index contributed by atoms with van der Waals surface area (Å²) in [4.78, 5) is 18.7. The summed E-state index contributed by atoms with van der Waals surface area (Å²) >= 11 is 0. The number of hydrogen-bond donors (Lipinski definition) is 1. The lowest BCUT2D eigenvalue weighted by atomic mass is 10.0. The zero-order valence-corrected chi connectivity index (χ0v) is 13.4. The van der Waals surface area contributed by atoms with Gasteiger partial charge in [-0.2, -0.15) is 0 Å². The molecule has 1 aliphatic heterocycles. The average Bonchev–Trinajstić information content (AvgIpc) is 3.05. The topological polar surface area (TPSA) is 72.4 Å². The minimum Gasteiger partial charge on any atom is -0.446 e. The van der Waals surface area contributed by atoms with Gasteiger partial charge in [-0.05, 0) is 30.7 Å². The van der Waals surface area contributed by atoms with Gasteiger partial charge in [0.15, 0.2) is 5.69 Å². The minimum atomic E-state index is -0.348. The monoisotopic (exact) mass is 313 g/mol. The Kier molecular flexibility index (Phi) is 4.76.